The van der Waals surface area contributed by atoms with E-state index in [2.05, 4.69) is 90.1 Å². The van der Waals surface area contributed by atoms with Crippen LogP contribution in [0.4, 0.5) is 31.4 Å². The minimum absolute atomic E-state index is 0.0215. The number of aliphatic imine (C=N–C) groups is 1. The van der Waals surface area contributed by atoms with Crippen molar-refractivity contribution in [1.29, 1.82) is 0 Å². The van der Waals surface area contributed by atoms with Gasteiger partial charge in [0.15, 0.2) is 19.6 Å². The van der Waals surface area contributed by atoms with Crippen molar-refractivity contribution in [3.63, 3.8) is 0 Å². The molecule has 0 aromatic heterocycles. The van der Waals surface area contributed by atoms with Crippen molar-refractivity contribution in [2.24, 2.45) is 4.99 Å². The van der Waals surface area contributed by atoms with Crippen LogP contribution in [-0.2, 0) is 120 Å². The molecule has 1 heterocycles. The third-order valence-electron chi connectivity index (χ3n) is 19.3. The molecule has 4 rings (SSSR count). The topological polar surface area (TPSA) is 604 Å². The largest absolute Gasteiger partial charge is 0.445 e. The van der Waals surface area contributed by atoms with Gasteiger partial charge in [-0.05, 0) is 114 Å². The quantitative estimate of drug-likeness (QED) is 0.00900. The van der Waals surface area contributed by atoms with Crippen molar-refractivity contribution < 1.29 is 128 Å². The zero-order valence-electron chi connectivity index (χ0n) is 83.4. The fourth-order valence-corrected chi connectivity index (χ4v) is 12.5. The minimum atomic E-state index is -1.04. The van der Waals surface area contributed by atoms with Crippen LogP contribution in [0.1, 0.15) is 98.8 Å². The average Bonchev–Trinajstić information content (AvgIpc) is 1.69. The molecule has 1 saturated heterocycles. The van der Waals surface area contributed by atoms with E-state index in [1.807, 2.05) is 63.4 Å². The number of benzene rings is 3. The number of ether oxygens (including phenoxy) is 3. The second-order valence-corrected chi connectivity index (χ2v) is 36.3. The summed E-state index contributed by atoms with van der Waals surface area (Å²) in [5, 5.41) is 40.6. The number of alkyl carbamates (subject to hydrolysis) is 3. The average molecular weight is 1980 g/mol. The van der Waals surface area contributed by atoms with Gasteiger partial charge in [0.25, 0.3) is 17.7 Å². The van der Waals surface area contributed by atoms with Gasteiger partial charge in [-0.25, -0.2) is 14.4 Å². The van der Waals surface area contributed by atoms with E-state index in [9.17, 15) is 101 Å². The highest BCUT2D eigenvalue weighted by atomic mass is 32.2. The standard InChI is InChI=1S/C32H48N8O9S.C29H46N8O8.C29H46N8O7/c1-20(35-26(42)17-39-27(43)16-25(50-7)31(39)47)29(45)36-21(2)30(46)37-24-10-8-23(9-11-24)19-49-32(48)34-13-15-38(14-12-33-22(3)41)28(44)18-40(4,5)6;1-19(33-25(40)16-24(39)30-4)27(42)34-20(2)28(43)35-23-10-8-22(9-11-23)18-45-29(44)32-13-15-36(14-12-31-21(3)38)26(41)17-37(5,6)7;1-8-30-17-25(39)33-20(2)27(41)34-21(3)28(42)35-24-11-9-23(10-12-24)19-44-29(43)32-14-16-36(15-13-31-22(4)38)26(40)18-37(5,6)7/h8-11,20-21,25H,12-19H2,1-7H3,(H4-,33,34,35,36,37,41,42,45,46,48);8-11,19-20H,12-18H2,1-7H3,(H5-,30,31,32,33,34,35,38,39,40,42,43,44);8-12,20-21H,13-19H2,1-7H3,(H4-,31,32,33,34,35,38,39,41,42,43)/p+3. The van der Waals surface area contributed by atoms with Crippen molar-refractivity contribution in [1.82, 2.24) is 88.7 Å². The number of likely N-dealkylation sites (N-methyl/N-ethyl adjacent to an activating group) is 3. The van der Waals surface area contributed by atoms with Gasteiger partial charge in [-0.15, -0.1) is 0 Å². The minimum Gasteiger partial charge on any atom is -0.445 e. The fourth-order valence-electron chi connectivity index (χ4n) is 11.8. The van der Waals surface area contributed by atoms with Crippen molar-refractivity contribution >= 4 is 160 Å². The first-order valence-corrected chi connectivity index (χ1v) is 46.0. The van der Waals surface area contributed by atoms with Crippen LogP contribution in [0.3, 0.4) is 0 Å². The third-order valence-corrected chi connectivity index (χ3v) is 20.2. The van der Waals surface area contributed by atoms with Gasteiger partial charge in [-0.1, -0.05) is 36.4 Å². The van der Waals surface area contributed by atoms with E-state index in [1.165, 1.54) is 87.3 Å². The van der Waals surface area contributed by atoms with Gasteiger partial charge in [0, 0.05) is 130 Å². The molecule has 1 fully saturated rings. The predicted octanol–water partition coefficient (Wildman–Crippen LogP) is -2.69. The van der Waals surface area contributed by atoms with E-state index in [4.69, 9.17) is 14.2 Å². The monoisotopic (exact) mass is 1980 g/mol. The molecular weight excluding hydrogens is 1830 g/mol. The van der Waals surface area contributed by atoms with Crippen LogP contribution in [0.25, 0.3) is 0 Å². The van der Waals surface area contributed by atoms with Crippen LogP contribution in [0.5, 0.6) is 0 Å². The van der Waals surface area contributed by atoms with Gasteiger partial charge in [-0.2, -0.15) is 11.8 Å². The summed E-state index contributed by atoms with van der Waals surface area (Å²) in [6.45, 7) is 17.8. The van der Waals surface area contributed by atoms with E-state index in [-0.39, 0.29) is 127 Å². The number of hydrogen-bond acceptors (Lipinski definition) is 26. The van der Waals surface area contributed by atoms with E-state index in [1.54, 1.807) is 101 Å². The van der Waals surface area contributed by atoms with Crippen LogP contribution in [-0.4, -0.2) is 393 Å². The zero-order valence-corrected chi connectivity index (χ0v) is 84.2. The molecule has 0 radical (unpaired) electrons. The number of rotatable bonds is 52. The lowest BCUT2D eigenvalue weighted by molar-refractivity contribution is -0.862. The summed E-state index contributed by atoms with van der Waals surface area (Å²) in [5.74, 6) is -7.23. The Bertz CT molecular complexity index is 4700. The van der Waals surface area contributed by atoms with Crippen LogP contribution >= 0.6 is 11.8 Å². The first-order chi connectivity index (χ1) is 65.0. The molecule has 16 N–H and O–H groups in total. The molecule has 0 bridgehead atoms. The molecule has 1 aliphatic heterocycles. The maximum atomic E-state index is 12.7. The number of thioether (sulfide) groups is 1. The highest BCUT2D eigenvalue weighted by Gasteiger charge is 2.40. The van der Waals surface area contributed by atoms with Crippen molar-refractivity contribution in [3.05, 3.63) is 89.5 Å². The Labute approximate surface area is 814 Å². The number of amides is 21. The second-order valence-electron chi connectivity index (χ2n) is 35.3. The number of nitrogens with zero attached hydrogens (tertiary/aromatic N) is 8. The van der Waals surface area contributed by atoms with E-state index in [0.29, 0.717) is 86.5 Å². The lowest BCUT2D eigenvalue weighted by atomic mass is 10.2. The number of imide groups is 1. The number of carbonyl (C=O) groups excluding carboxylic acids is 21. The Balaban J connectivity index is 0.000000707. The maximum absolute atomic E-state index is 12.7. The van der Waals surface area contributed by atoms with E-state index >= 15 is 0 Å². The molecule has 1 aliphatic rings. The summed E-state index contributed by atoms with van der Waals surface area (Å²) in [6.07, 6.45) is 0.790. The summed E-state index contributed by atoms with van der Waals surface area (Å²) in [6, 6.07) is 14.0. The number of anilines is 3. The van der Waals surface area contributed by atoms with Crippen molar-refractivity contribution in [2.45, 2.75) is 143 Å². The molecule has 3 aromatic carbocycles. The molecular formula is C90H143N24O24S+3. The van der Waals surface area contributed by atoms with Crippen molar-refractivity contribution in [2.75, 3.05) is 204 Å². The molecule has 139 heavy (non-hydrogen) atoms. The summed E-state index contributed by atoms with van der Waals surface area (Å²) in [7, 11) is 18.5. The molecule has 3 aromatic rings. The van der Waals surface area contributed by atoms with Crippen LogP contribution in [0, 0.1) is 0 Å². The summed E-state index contributed by atoms with van der Waals surface area (Å²) >= 11 is 1.23. The Morgan fingerprint density at radius 1 is 0.403 bits per heavy atom. The van der Waals surface area contributed by atoms with Crippen LogP contribution in [0.15, 0.2) is 77.8 Å². The molecule has 0 spiro atoms. The number of likely N-dealkylation sites (tertiary alicyclic amines) is 1. The van der Waals surface area contributed by atoms with Gasteiger partial charge in [0.2, 0.25) is 88.6 Å². The predicted molar refractivity (Wildman–Crippen MR) is 516 cm³/mol. The Morgan fingerprint density at radius 3 is 0.935 bits per heavy atom. The highest BCUT2D eigenvalue weighted by molar-refractivity contribution is 8.00. The van der Waals surface area contributed by atoms with Crippen LogP contribution in [0.2, 0.25) is 0 Å². The smallest absolute Gasteiger partial charge is 0.407 e. The van der Waals surface area contributed by atoms with Gasteiger partial charge in [-0.3, -0.25) is 96.2 Å². The van der Waals surface area contributed by atoms with Crippen LogP contribution < -0.4 is 85.1 Å². The first-order valence-electron chi connectivity index (χ1n) is 44.7. The summed E-state index contributed by atoms with van der Waals surface area (Å²) < 4.78 is 17.1. The lowest BCUT2D eigenvalue weighted by Gasteiger charge is -2.28. The Hall–Kier alpha value is -14.0. The number of carbonyl (C=O) groups is 21. The van der Waals surface area contributed by atoms with Crippen molar-refractivity contribution in [3.8, 4) is 0 Å². The van der Waals surface area contributed by atoms with E-state index < -0.39 is 144 Å². The highest BCUT2D eigenvalue weighted by Crippen LogP contribution is 2.23. The molecule has 0 aliphatic carbocycles. The normalized spacial score (nSPS) is 13.4. The molecule has 48 nitrogen and oxygen atoms in total. The molecule has 49 heteroatoms. The Morgan fingerprint density at radius 2 is 0.676 bits per heavy atom. The number of quaternary nitrogens is 3. The maximum Gasteiger partial charge on any atom is 0.407 e. The molecule has 7 unspecified atom stereocenters. The molecule has 0 saturated carbocycles. The van der Waals surface area contributed by atoms with Gasteiger partial charge < -0.3 is 127 Å². The van der Waals surface area contributed by atoms with Gasteiger partial charge in [0.05, 0.1) is 68.7 Å². The fraction of sp³-hybridized carbons (Fsp3) is 0.556. The number of hydrogen-bond donors (Lipinski definition) is 16. The summed E-state index contributed by atoms with van der Waals surface area (Å²) in [5.41, 5.74) is 3.31. The molecule has 7 atom stereocenters. The van der Waals surface area contributed by atoms with Gasteiger partial charge in [0.1, 0.15) is 75.6 Å². The summed E-state index contributed by atoms with van der Waals surface area (Å²) in [4.78, 5) is 264. The SMILES string of the molecule is CC=NCC(=O)NC(C)C(=O)NC(C)C(=O)Nc1ccc(COC(=O)NCCN(CCNC(C)=O)C(=O)C[N+](C)(C)C)cc1.CNC(=O)CC(=O)NC(C)C(=O)NC(C)C(=O)Nc1ccc(COC(=O)NCCN(CCNC(C)=O)C(=O)C[N+](C)(C)C)cc1.CSC1CC(=O)N(CC(=O)NC(C)C(=O)NC(C)C(=O)Nc2ccc(COC(=O)NCCN(CCNC(C)=O)C(=O)C[N+](C)(C)C)cc2)C1=O. The lowest BCUT2D eigenvalue weighted by Crippen LogP contribution is -2.52. The number of nitrogens with one attached hydrogen (secondary N) is 16. The Kier molecular flexibility index (Phi) is 54.0. The molecule has 21 amide bonds. The van der Waals surface area contributed by atoms with Gasteiger partial charge >= 0.3 is 18.3 Å². The molecule has 770 valence electrons. The zero-order chi connectivity index (χ0) is 105. The van der Waals surface area contributed by atoms with E-state index in [0.717, 1.165) is 4.90 Å². The second kappa shape index (κ2) is 62.0. The third kappa shape index (κ3) is 53.4. The first kappa shape index (κ1) is 121.